The Kier molecular flexibility index (Phi) is 2.79. The number of fused-ring (bicyclic) bond motifs is 1. The molecule has 0 unspecified atom stereocenters. The molecule has 102 valence electrons. The van der Waals surface area contributed by atoms with Crippen molar-refractivity contribution in [3.63, 3.8) is 0 Å². The minimum absolute atomic E-state index is 0.705. The highest BCUT2D eigenvalue weighted by molar-refractivity contribution is 6.30. The number of aromatic nitrogens is 2. The zero-order valence-electron chi connectivity index (χ0n) is 11.0. The lowest BCUT2D eigenvalue weighted by Gasteiger charge is -2.01. The van der Waals surface area contributed by atoms with Gasteiger partial charge in [0.25, 0.3) is 0 Å². The van der Waals surface area contributed by atoms with E-state index in [9.17, 15) is 0 Å². The Bertz CT molecular complexity index is 906. The monoisotopic (exact) mass is 294 g/mol. The molecule has 21 heavy (non-hydrogen) atoms. The molecule has 0 atom stereocenters. The van der Waals surface area contributed by atoms with E-state index in [1.807, 2.05) is 48.7 Å². The molecule has 0 radical (unpaired) electrons. The van der Waals surface area contributed by atoms with Gasteiger partial charge in [-0.3, -0.25) is 0 Å². The van der Waals surface area contributed by atoms with E-state index in [0.717, 1.165) is 33.3 Å². The van der Waals surface area contributed by atoms with Crippen LogP contribution < -0.4 is 0 Å². The molecule has 1 N–H and O–H groups in total. The first-order valence-electron chi connectivity index (χ1n) is 6.60. The molecule has 0 bridgehead atoms. The number of H-pyrrole nitrogens is 1. The van der Waals surface area contributed by atoms with Gasteiger partial charge in [-0.2, -0.15) is 0 Å². The van der Waals surface area contributed by atoms with E-state index in [2.05, 4.69) is 16.2 Å². The Labute approximate surface area is 126 Å². The molecule has 4 aromatic rings. The van der Waals surface area contributed by atoms with Gasteiger partial charge in [0.1, 0.15) is 12.0 Å². The highest BCUT2D eigenvalue weighted by Gasteiger charge is 2.15. The summed E-state index contributed by atoms with van der Waals surface area (Å²) in [7, 11) is 0. The SMILES string of the molecule is Clc1ccc(-c2nocc2-c2c[nH]c3ccccc23)cc1. The fourth-order valence-electron chi connectivity index (χ4n) is 2.54. The fraction of sp³-hybridized carbons (Fsp3) is 0. The Morgan fingerprint density at radius 3 is 2.62 bits per heavy atom. The van der Waals surface area contributed by atoms with Crippen LogP contribution in [0.2, 0.25) is 5.02 Å². The van der Waals surface area contributed by atoms with Crippen molar-refractivity contribution in [1.82, 2.24) is 10.1 Å². The third-order valence-electron chi connectivity index (χ3n) is 3.57. The first-order chi connectivity index (χ1) is 10.3. The summed E-state index contributed by atoms with van der Waals surface area (Å²) >= 11 is 5.94. The maximum atomic E-state index is 5.94. The van der Waals surface area contributed by atoms with E-state index in [0.29, 0.717) is 5.02 Å². The second-order valence-electron chi connectivity index (χ2n) is 4.83. The largest absolute Gasteiger partial charge is 0.363 e. The van der Waals surface area contributed by atoms with Gasteiger partial charge in [-0.15, -0.1) is 0 Å². The molecule has 3 nitrogen and oxygen atoms in total. The molecule has 0 aliphatic heterocycles. The van der Waals surface area contributed by atoms with Crippen molar-refractivity contribution >= 4 is 22.5 Å². The summed E-state index contributed by atoms with van der Waals surface area (Å²) in [5.41, 5.74) is 4.94. The molecular weight excluding hydrogens is 284 g/mol. The maximum Gasteiger partial charge on any atom is 0.132 e. The summed E-state index contributed by atoms with van der Waals surface area (Å²) in [6.07, 6.45) is 3.66. The summed E-state index contributed by atoms with van der Waals surface area (Å²) in [5.74, 6) is 0. The van der Waals surface area contributed by atoms with Gasteiger partial charge in [-0.05, 0) is 18.2 Å². The van der Waals surface area contributed by atoms with E-state index in [1.165, 1.54) is 0 Å². The van der Waals surface area contributed by atoms with Gasteiger partial charge < -0.3 is 9.51 Å². The number of benzene rings is 2. The Morgan fingerprint density at radius 2 is 1.76 bits per heavy atom. The lowest BCUT2D eigenvalue weighted by atomic mass is 10.0. The molecule has 2 aromatic heterocycles. The van der Waals surface area contributed by atoms with Crippen molar-refractivity contribution in [2.75, 3.05) is 0 Å². The number of nitrogens with one attached hydrogen (secondary N) is 1. The Balaban J connectivity index is 1.91. The number of nitrogens with zero attached hydrogens (tertiary/aromatic N) is 1. The van der Waals surface area contributed by atoms with Crippen LogP contribution >= 0.6 is 11.6 Å². The number of hydrogen-bond donors (Lipinski definition) is 1. The van der Waals surface area contributed by atoms with Crippen molar-refractivity contribution in [2.24, 2.45) is 0 Å². The standard InChI is InChI=1S/C17H11ClN2O/c18-12-7-5-11(6-8-12)17-15(10-21-20-17)14-9-19-16-4-2-1-3-13(14)16/h1-10,19H. The van der Waals surface area contributed by atoms with Crippen LogP contribution in [0.3, 0.4) is 0 Å². The molecule has 0 spiro atoms. The van der Waals surface area contributed by atoms with Crippen LogP contribution in [0.4, 0.5) is 0 Å². The summed E-state index contributed by atoms with van der Waals surface area (Å²) in [6.45, 7) is 0. The van der Waals surface area contributed by atoms with Gasteiger partial charge in [0.2, 0.25) is 0 Å². The summed E-state index contributed by atoms with van der Waals surface area (Å²) in [6, 6.07) is 15.8. The van der Waals surface area contributed by atoms with Crippen LogP contribution in [0, 0.1) is 0 Å². The van der Waals surface area contributed by atoms with Crippen LogP contribution in [0.15, 0.2) is 65.5 Å². The first-order valence-corrected chi connectivity index (χ1v) is 6.97. The van der Waals surface area contributed by atoms with Gasteiger partial charge in [0.15, 0.2) is 0 Å². The third-order valence-corrected chi connectivity index (χ3v) is 3.82. The maximum absolute atomic E-state index is 5.94. The molecule has 0 aliphatic rings. The van der Waals surface area contributed by atoms with Crippen LogP contribution in [-0.4, -0.2) is 10.1 Å². The van der Waals surface area contributed by atoms with Gasteiger partial charge in [0.05, 0.1) is 5.56 Å². The second-order valence-corrected chi connectivity index (χ2v) is 5.27. The van der Waals surface area contributed by atoms with E-state index < -0.39 is 0 Å². The minimum atomic E-state index is 0.705. The topological polar surface area (TPSA) is 41.8 Å². The fourth-order valence-corrected chi connectivity index (χ4v) is 2.66. The minimum Gasteiger partial charge on any atom is -0.363 e. The molecule has 0 amide bonds. The van der Waals surface area contributed by atoms with Crippen molar-refractivity contribution in [2.45, 2.75) is 0 Å². The number of para-hydroxylation sites is 1. The van der Waals surface area contributed by atoms with Crippen LogP contribution in [0.1, 0.15) is 0 Å². The van der Waals surface area contributed by atoms with Crippen LogP contribution in [0.25, 0.3) is 33.3 Å². The Morgan fingerprint density at radius 1 is 0.952 bits per heavy atom. The van der Waals surface area contributed by atoms with Gasteiger partial charge in [-0.25, -0.2) is 0 Å². The average Bonchev–Trinajstić information content (AvgIpc) is 3.14. The van der Waals surface area contributed by atoms with E-state index >= 15 is 0 Å². The highest BCUT2D eigenvalue weighted by Crippen LogP contribution is 2.35. The third kappa shape index (κ3) is 2.03. The molecular formula is C17H11ClN2O. The summed E-state index contributed by atoms with van der Waals surface area (Å²) in [4.78, 5) is 3.27. The quantitative estimate of drug-likeness (QED) is 0.556. The summed E-state index contributed by atoms with van der Waals surface area (Å²) < 4.78 is 5.21. The van der Waals surface area contributed by atoms with Crippen molar-refractivity contribution < 1.29 is 4.52 Å². The number of halogens is 1. The molecule has 2 heterocycles. The predicted octanol–water partition coefficient (Wildman–Crippen LogP) is 5.14. The van der Waals surface area contributed by atoms with Gasteiger partial charge >= 0.3 is 0 Å². The zero-order chi connectivity index (χ0) is 14.2. The van der Waals surface area contributed by atoms with Crippen LogP contribution in [-0.2, 0) is 0 Å². The lowest BCUT2D eigenvalue weighted by molar-refractivity contribution is 0.422. The highest BCUT2D eigenvalue weighted by atomic mass is 35.5. The van der Waals surface area contributed by atoms with E-state index in [4.69, 9.17) is 16.1 Å². The molecule has 4 heteroatoms. The average molecular weight is 295 g/mol. The second kappa shape index (κ2) is 4.79. The molecule has 0 aliphatic carbocycles. The number of rotatable bonds is 2. The summed E-state index contributed by atoms with van der Waals surface area (Å²) in [5, 5.41) is 6.00. The van der Waals surface area contributed by atoms with E-state index in [1.54, 1.807) is 6.26 Å². The number of aromatic amines is 1. The molecule has 4 rings (SSSR count). The van der Waals surface area contributed by atoms with Crippen molar-refractivity contribution in [3.05, 3.63) is 66.0 Å². The van der Waals surface area contributed by atoms with E-state index in [-0.39, 0.29) is 0 Å². The molecule has 0 saturated heterocycles. The van der Waals surface area contributed by atoms with Crippen LogP contribution in [0.5, 0.6) is 0 Å². The lowest BCUT2D eigenvalue weighted by Crippen LogP contribution is -1.81. The Hall–Kier alpha value is -2.52. The predicted molar refractivity (Wildman–Crippen MR) is 84.2 cm³/mol. The smallest absolute Gasteiger partial charge is 0.132 e. The number of hydrogen-bond acceptors (Lipinski definition) is 2. The van der Waals surface area contributed by atoms with Crippen molar-refractivity contribution in [1.29, 1.82) is 0 Å². The molecule has 0 fully saturated rings. The molecule has 2 aromatic carbocycles. The van der Waals surface area contributed by atoms with Crippen molar-refractivity contribution in [3.8, 4) is 22.4 Å². The normalized spacial score (nSPS) is 11.1. The molecule has 0 saturated carbocycles. The first kappa shape index (κ1) is 12.2. The zero-order valence-corrected chi connectivity index (χ0v) is 11.8. The van der Waals surface area contributed by atoms with Gasteiger partial charge in [-0.1, -0.05) is 47.1 Å². The van der Waals surface area contributed by atoms with Gasteiger partial charge in [0, 0.05) is 33.2 Å².